The van der Waals surface area contributed by atoms with Crippen molar-refractivity contribution >= 4 is 17.9 Å². The van der Waals surface area contributed by atoms with Gasteiger partial charge in [0.25, 0.3) is 5.91 Å². The number of carbonyl (C=O) groups excluding carboxylic acids is 2. The topological polar surface area (TPSA) is 64.6 Å². The summed E-state index contributed by atoms with van der Waals surface area (Å²) < 4.78 is 23.2. The summed E-state index contributed by atoms with van der Waals surface area (Å²) in [4.78, 5) is 22.5. The molecule has 0 heterocycles. The lowest BCUT2D eigenvalue weighted by Gasteiger charge is -2.11. The molecule has 114 valence electrons. The Morgan fingerprint density at radius 1 is 1.18 bits per heavy atom. The van der Waals surface area contributed by atoms with E-state index in [1.54, 1.807) is 12.1 Å². The smallest absolute Gasteiger partial charge is 0.262 e. The Labute approximate surface area is 126 Å². The number of carbonyl (C=O) groups is 2. The van der Waals surface area contributed by atoms with Crippen LogP contribution < -0.4 is 14.8 Å². The van der Waals surface area contributed by atoms with Crippen LogP contribution in [-0.4, -0.2) is 25.9 Å². The molecule has 2 aromatic carbocycles. The van der Waals surface area contributed by atoms with Crippen LogP contribution in [0.25, 0.3) is 0 Å². The van der Waals surface area contributed by atoms with Crippen LogP contribution in [0.15, 0.2) is 42.5 Å². The van der Waals surface area contributed by atoms with Gasteiger partial charge in [0.05, 0.1) is 7.11 Å². The van der Waals surface area contributed by atoms with Gasteiger partial charge < -0.3 is 14.8 Å². The van der Waals surface area contributed by atoms with Gasteiger partial charge >= 0.3 is 0 Å². The van der Waals surface area contributed by atoms with Crippen molar-refractivity contribution < 1.29 is 23.5 Å². The highest BCUT2D eigenvalue weighted by Crippen LogP contribution is 2.27. The van der Waals surface area contributed by atoms with E-state index < -0.39 is 5.91 Å². The molecule has 0 radical (unpaired) electrons. The lowest BCUT2D eigenvalue weighted by atomic mass is 10.2. The van der Waals surface area contributed by atoms with E-state index in [9.17, 15) is 14.0 Å². The number of rotatable bonds is 6. The zero-order chi connectivity index (χ0) is 15.9. The molecule has 5 nitrogen and oxygen atoms in total. The van der Waals surface area contributed by atoms with E-state index in [0.29, 0.717) is 29.0 Å². The monoisotopic (exact) mass is 303 g/mol. The van der Waals surface area contributed by atoms with E-state index in [-0.39, 0.29) is 12.4 Å². The first-order chi connectivity index (χ1) is 10.6. The van der Waals surface area contributed by atoms with Gasteiger partial charge in [0.2, 0.25) is 0 Å². The molecule has 2 aromatic rings. The molecule has 1 amide bonds. The zero-order valence-electron chi connectivity index (χ0n) is 11.8. The third kappa shape index (κ3) is 4.05. The van der Waals surface area contributed by atoms with Crippen molar-refractivity contribution in [2.75, 3.05) is 19.0 Å². The molecule has 0 bridgehead atoms. The average Bonchev–Trinajstić information content (AvgIpc) is 2.55. The van der Waals surface area contributed by atoms with E-state index in [1.165, 1.54) is 37.4 Å². The first-order valence-corrected chi connectivity index (χ1v) is 6.44. The highest BCUT2D eigenvalue weighted by Gasteiger charge is 2.09. The van der Waals surface area contributed by atoms with Crippen LogP contribution in [0, 0.1) is 5.82 Å². The number of anilines is 1. The number of benzene rings is 2. The van der Waals surface area contributed by atoms with Crippen LogP contribution in [0.1, 0.15) is 10.4 Å². The van der Waals surface area contributed by atoms with Gasteiger partial charge in [0.1, 0.15) is 12.1 Å². The van der Waals surface area contributed by atoms with Gasteiger partial charge in [-0.1, -0.05) is 0 Å². The van der Waals surface area contributed by atoms with Crippen molar-refractivity contribution in [2.24, 2.45) is 0 Å². The van der Waals surface area contributed by atoms with Crippen molar-refractivity contribution in [1.82, 2.24) is 0 Å². The lowest BCUT2D eigenvalue weighted by Crippen LogP contribution is -2.20. The Bertz CT molecular complexity index is 670. The first kappa shape index (κ1) is 15.5. The summed E-state index contributed by atoms with van der Waals surface area (Å²) in [5.74, 6) is -0.0658. The summed E-state index contributed by atoms with van der Waals surface area (Å²) in [6.07, 6.45) is 0.688. The molecule has 1 N–H and O–H groups in total. The van der Waals surface area contributed by atoms with Crippen LogP contribution in [0.5, 0.6) is 11.5 Å². The maximum absolute atomic E-state index is 12.8. The van der Waals surface area contributed by atoms with E-state index in [2.05, 4.69) is 5.32 Å². The van der Waals surface area contributed by atoms with Gasteiger partial charge in [-0.3, -0.25) is 9.59 Å². The van der Waals surface area contributed by atoms with Crippen molar-refractivity contribution in [3.8, 4) is 11.5 Å². The molecular weight excluding hydrogens is 289 g/mol. The Morgan fingerprint density at radius 3 is 2.55 bits per heavy atom. The van der Waals surface area contributed by atoms with Crippen molar-refractivity contribution in [3.05, 3.63) is 53.8 Å². The highest BCUT2D eigenvalue weighted by atomic mass is 19.1. The van der Waals surface area contributed by atoms with Crippen molar-refractivity contribution in [3.63, 3.8) is 0 Å². The predicted octanol–water partition coefficient (Wildman–Crippen LogP) is 2.66. The minimum atomic E-state index is -0.395. The molecule has 22 heavy (non-hydrogen) atoms. The predicted molar refractivity (Wildman–Crippen MR) is 78.9 cm³/mol. The van der Waals surface area contributed by atoms with E-state index in [0.717, 1.165) is 0 Å². The summed E-state index contributed by atoms with van der Waals surface area (Å²) >= 11 is 0. The molecular formula is C16H14FNO4. The Morgan fingerprint density at radius 2 is 1.91 bits per heavy atom. The van der Waals surface area contributed by atoms with E-state index in [4.69, 9.17) is 9.47 Å². The zero-order valence-corrected chi connectivity index (χ0v) is 11.8. The van der Waals surface area contributed by atoms with Gasteiger partial charge in [0, 0.05) is 11.3 Å². The summed E-state index contributed by atoms with van der Waals surface area (Å²) in [7, 11) is 1.44. The number of hydrogen-bond donors (Lipinski definition) is 1. The molecule has 0 aliphatic rings. The first-order valence-electron chi connectivity index (χ1n) is 6.44. The molecule has 0 fully saturated rings. The molecule has 0 unspecified atom stereocenters. The second-order valence-electron chi connectivity index (χ2n) is 4.37. The standard InChI is InChI=1S/C16H14FNO4/c1-21-15-8-11(9-19)2-7-14(15)22-10-16(20)18-13-5-3-12(17)4-6-13/h2-9H,10H2,1H3,(H,18,20). The molecule has 0 aliphatic heterocycles. The van der Waals surface area contributed by atoms with Crippen LogP contribution in [0.3, 0.4) is 0 Å². The number of methoxy groups -OCH3 is 1. The Hall–Kier alpha value is -2.89. The van der Waals surface area contributed by atoms with E-state index >= 15 is 0 Å². The number of ether oxygens (including phenoxy) is 2. The number of nitrogens with one attached hydrogen (secondary N) is 1. The largest absolute Gasteiger partial charge is 0.493 e. The third-order valence-corrected chi connectivity index (χ3v) is 2.81. The molecule has 0 saturated carbocycles. The van der Waals surface area contributed by atoms with Gasteiger partial charge in [-0.15, -0.1) is 0 Å². The molecule has 0 aliphatic carbocycles. The van der Waals surface area contributed by atoms with Crippen LogP contribution in [0.4, 0.5) is 10.1 Å². The summed E-state index contributed by atoms with van der Waals surface area (Å²) in [5.41, 5.74) is 0.915. The fourth-order valence-electron chi connectivity index (χ4n) is 1.75. The van der Waals surface area contributed by atoms with E-state index in [1.807, 2.05) is 0 Å². The van der Waals surface area contributed by atoms with Crippen LogP contribution in [-0.2, 0) is 4.79 Å². The quantitative estimate of drug-likeness (QED) is 0.833. The molecule has 2 rings (SSSR count). The lowest BCUT2D eigenvalue weighted by molar-refractivity contribution is -0.118. The highest BCUT2D eigenvalue weighted by molar-refractivity contribution is 5.91. The van der Waals surface area contributed by atoms with Crippen molar-refractivity contribution in [2.45, 2.75) is 0 Å². The SMILES string of the molecule is COc1cc(C=O)ccc1OCC(=O)Nc1ccc(F)cc1. The number of hydrogen-bond acceptors (Lipinski definition) is 4. The van der Waals surface area contributed by atoms with Crippen LogP contribution in [0.2, 0.25) is 0 Å². The number of aldehydes is 1. The van der Waals surface area contributed by atoms with Gasteiger partial charge in [0.15, 0.2) is 18.1 Å². The minimum absolute atomic E-state index is 0.242. The molecule has 0 aromatic heterocycles. The third-order valence-electron chi connectivity index (χ3n) is 2.81. The Kier molecular flexibility index (Phi) is 5.08. The van der Waals surface area contributed by atoms with Gasteiger partial charge in [-0.05, 0) is 42.5 Å². The average molecular weight is 303 g/mol. The normalized spacial score (nSPS) is 9.91. The number of amides is 1. The molecule has 0 spiro atoms. The van der Waals surface area contributed by atoms with Gasteiger partial charge in [-0.25, -0.2) is 4.39 Å². The second-order valence-corrected chi connectivity index (χ2v) is 4.37. The number of halogens is 1. The fraction of sp³-hybridized carbons (Fsp3) is 0.125. The van der Waals surface area contributed by atoms with Gasteiger partial charge in [-0.2, -0.15) is 0 Å². The fourth-order valence-corrected chi connectivity index (χ4v) is 1.75. The molecule has 6 heteroatoms. The molecule has 0 saturated heterocycles. The summed E-state index contributed by atoms with van der Waals surface area (Å²) in [6, 6.07) is 10.0. The van der Waals surface area contributed by atoms with Crippen LogP contribution >= 0.6 is 0 Å². The second kappa shape index (κ2) is 7.21. The summed E-state index contributed by atoms with van der Waals surface area (Å²) in [6.45, 7) is -0.242. The summed E-state index contributed by atoms with van der Waals surface area (Å²) in [5, 5.41) is 2.57. The Balaban J connectivity index is 1.96. The maximum atomic E-state index is 12.8. The maximum Gasteiger partial charge on any atom is 0.262 e. The molecule has 0 atom stereocenters. The minimum Gasteiger partial charge on any atom is -0.493 e. The van der Waals surface area contributed by atoms with Crippen molar-refractivity contribution in [1.29, 1.82) is 0 Å².